The van der Waals surface area contributed by atoms with Crippen LogP contribution in [0.25, 0.3) is 0 Å². The summed E-state index contributed by atoms with van der Waals surface area (Å²) in [6.45, 7) is 9.82. The predicted molar refractivity (Wildman–Crippen MR) is 82.3 cm³/mol. The fourth-order valence-corrected chi connectivity index (χ4v) is 3.13. The Morgan fingerprint density at radius 2 is 2.11 bits per heavy atom. The highest BCUT2D eigenvalue weighted by Gasteiger charge is 2.16. The lowest BCUT2D eigenvalue weighted by Crippen LogP contribution is -2.31. The molecule has 3 nitrogen and oxygen atoms in total. The van der Waals surface area contributed by atoms with E-state index in [2.05, 4.69) is 25.8 Å². The standard InChI is InChI=1S/C16H34N2O/c1-14(2)16(8-9-17)7-4-10-18(3)12-15-6-5-11-19-13-15/h14-16H,4-13,17H2,1-3H3. The van der Waals surface area contributed by atoms with E-state index in [-0.39, 0.29) is 0 Å². The summed E-state index contributed by atoms with van der Waals surface area (Å²) in [6, 6.07) is 0. The Labute approximate surface area is 119 Å². The van der Waals surface area contributed by atoms with E-state index in [0.29, 0.717) is 0 Å². The molecule has 0 aromatic rings. The molecule has 19 heavy (non-hydrogen) atoms. The molecule has 1 aliphatic heterocycles. The SMILES string of the molecule is CC(C)C(CCN)CCCN(C)CC1CCCOC1. The van der Waals surface area contributed by atoms with Gasteiger partial charge in [0.1, 0.15) is 0 Å². The molecule has 0 saturated carbocycles. The number of ether oxygens (including phenoxy) is 1. The fourth-order valence-electron chi connectivity index (χ4n) is 3.13. The van der Waals surface area contributed by atoms with Crippen LogP contribution in [0.15, 0.2) is 0 Å². The first-order valence-corrected chi connectivity index (χ1v) is 8.09. The first-order chi connectivity index (χ1) is 9.13. The highest BCUT2D eigenvalue weighted by atomic mass is 16.5. The van der Waals surface area contributed by atoms with Crippen LogP contribution < -0.4 is 5.73 Å². The van der Waals surface area contributed by atoms with Crippen molar-refractivity contribution in [1.82, 2.24) is 4.90 Å². The van der Waals surface area contributed by atoms with Gasteiger partial charge in [-0.3, -0.25) is 0 Å². The molecule has 1 fully saturated rings. The predicted octanol–water partition coefficient (Wildman–Crippen LogP) is 2.75. The van der Waals surface area contributed by atoms with Crippen LogP contribution in [0.5, 0.6) is 0 Å². The Hall–Kier alpha value is -0.120. The molecule has 3 heteroatoms. The Kier molecular flexibility index (Phi) is 8.67. The van der Waals surface area contributed by atoms with Crippen LogP contribution in [-0.2, 0) is 4.74 Å². The van der Waals surface area contributed by atoms with Crippen molar-refractivity contribution in [2.24, 2.45) is 23.5 Å². The molecule has 1 rings (SSSR count). The Morgan fingerprint density at radius 3 is 2.68 bits per heavy atom. The smallest absolute Gasteiger partial charge is 0.0506 e. The van der Waals surface area contributed by atoms with Crippen LogP contribution in [-0.4, -0.2) is 44.8 Å². The molecular weight excluding hydrogens is 236 g/mol. The molecule has 0 amide bonds. The van der Waals surface area contributed by atoms with E-state index in [1.54, 1.807) is 0 Å². The molecule has 2 unspecified atom stereocenters. The van der Waals surface area contributed by atoms with Gasteiger partial charge in [0.2, 0.25) is 0 Å². The quantitative estimate of drug-likeness (QED) is 0.700. The van der Waals surface area contributed by atoms with Gasteiger partial charge in [-0.1, -0.05) is 13.8 Å². The Morgan fingerprint density at radius 1 is 1.32 bits per heavy atom. The zero-order valence-electron chi connectivity index (χ0n) is 13.2. The third-order valence-electron chi connectivity index (χ3n) is 4.42. The van der Waals surface area contributed by atoms with E-state index in [1.165, 1.54) is 45.2 Å². The maximum absolute atomic E-state index is 5.70. The molecule has 114 valence electrons. The zero-order valence-corrected chi connectivity index (χ0v) is 13.2. The number of rotatable bonds is 9. The molecular formula is C16H34N2O. The van der Waals surface area contributed by atoms with Gasteiger partial charge in [0.25, 0.3) is 0 Å². The van der Waals surface area contributed by atoms with E-state index in [0.717, 1.165) is 37.5 Å². The summed E-state index contributed by atoms with van der Waals surface area (Å²) in [5.74, 6) is 2.32. The van der Waals surface area contributed by atoms with Gasteiger partial charge in [-0.05, 0) is 70.0 Å². The third-order valence-corrected chi connectivity index (χ3v) is 4.42. The van der Waals surface area contributed by atoms with Gasteiger partial charge in [0.05, 0.1) is 6.61 Å². The van der Waals surface area contributed by atoms with E-state index in [9.17, 15) is 0 Å². The molecule has 0 aromatic carbocycles. The summed E-state index contributed by atoms with van der Waals surface area (Å²) < 4.78 is 5.55. The minimum Gasteiger partial charge on any atom is -0.381 e. The summed E-state index contributed by atoms with van der Waals surface area (Å²) in [5.41, 5.74) is 5.70. The molecule has 0 spiro atoms. The van der Waals surface area contributed by atoms with Crippen LogP contribution in [0.3, 0.4) is 0 Å². The molecule has 0 radical (unpaired) electrons. The van der Waals surface area contributed by atoms with Crippen LogP contribution in [0.4, 0.5) is 0 Å². The van der Waals surface area contributed by atoms with Crippen molar-refractivity contribution in [3.63, 3.8) is 0 Å². The van der Waals surface area contributed by atoms with Crippen molar-refractivity contribution < 1.29 is 4.74 Å². The molecule has 1 heterocycles. The number of hydrogen-bond acceptors (Lipinski definition) is 3. The van der Waals surface area contributed by atoms with Crippen molar-refractivity contribution in [1.29, 1.82) is 0 Å². The number of hydrogen-bond donors (Lipinski definition) is 1. The van der Waals surface area contributed by atoms with E-state index in [4.69, 9.17) is 10.5 Å². The second-order valence-corrected chi connectivity index (χ2v) is 6.57. The molecule has 2 N–H and O–H groups in total. The minimum atomic E-state index is 0.753. The summed E-state index contributed by atoms with van der Waals surface area (Å²) in [5, 5.41) is 0. The van der Waals surface area contributed by atoms with Crippen molar-refractivity contribution in [2.45, 2.75) is 46.0 Å². The second-order valence-electron chi connectivity index (χ2n) is 6.57. The van der Waals surface area contributed by atoms with Gasteiger partial charge in [0.15, 0.2) is 0 Å². The highest BCUT2D eigenvalue weighted by Crippen LogP contribution is 2.21. The van der Waals surface area contributed by atoms with Gasteiger partial charge in [-0.2, -0.15) is 0 Å². The van der Waals surface area contributed by atoms with Crippen LogP contribution in [0.2, 0.25) is 0 Å². The summed E-state index contributed by atoms with van der Waals surface area (Å²) >= 11 is 0. The van der Waals surface area contributed by atoms with E-state index >= 15 is 0 Å². The van der Waals surface area contributed by atoms with Crippen LogP contribution >= 0.6 is 0 Å². The molecule has 0 aliphatic carbocycles. The van der Waals surface area contributed by atoms with Crippen molar-refractivity contribution in [3.05, 3.63) is 0 Å². The highest BCUT2D eigenvalue weighted by molar-refractivity contribution is 4.69. The van der Waals surface area contributed by atoms with E-state index in [1.807, 2.05) is 0 Å². The maximum Gasteiger partial charge on any atom is 0.0506 e. The monoisotopic (exact) mass is 270 g/mol. The summed E-state index contributed by atoms with van der Waals surface area (Å²) in [6.07, 6.45) is 6.38. The maximum atomic E-state index is 5.70. The van der Waals surface area contributed by atoms with Gasteiger partial charge in [-0.15, -0.1) is 0 Å². The van der Waals surface area contributed by atoms with Gasteiger partial charge >= 0.3 is 0 Å². The second kappa shape index (κ2) is 9.73. The van der Waals surface area contributed by atoms with Crippen molar-refractivity contribution in [2.75, 3.05) is 39.9 Å². The van der Waals surface area contributed by atoms with Gasteiger partial charge in [0, 0.05) is 13.2 Å². The molecule has 2 atom stereocenters. The minimum absolute atomic E-state index is 0.753. The van der Waals surface area contributed by atoms with Crippen LogP contribution in [0.1, 0.15) is 46.0 Å². The first kappa shape index (κ1) is 16.9. The average Bonchev–Trinajstić information content (AvgIpc) is 2.38. The zero-order chi connectivity index (χ0) is 14.1. The van der Waals surface area contributed by atoms with Gasteiger partial charge in [-0.25, -0.2) is 0 Å². The molecule has 0 bridgehead atoms. The largest absolute Gasteiger partial charge is 0.381 e. The molecule has 1 saturated heterocycles. The summed E-state index contributed by atoms with van der Waals surface area (Å²) in [7, 11) is 2.25. The molecule has 1 aliphatic rings. The Balaban J connectivity index is 2.12. The fraction of sp³-hybridized carbons (Fsp3) is 1.00. The summed E-state index contributed by atoms with van der Waals surface area (Å²) in [4.78, 5) is 2.49. The topological polar surface area (TPSA) is 38.5 Å². The first-order valence-electron chi connectivity index (χ1n) is 8.09. The van der Waals surface area contributed by atoms with Crippen LogP contribution in [0, 0.1) is 17.8 Å². The lowest BCUT2D eigenvalue weighted by Gasteiger charge is -2.28. The van der Waals surface area contributed by atoms with Crippen molar-refractivity contribution in [3.8, 4) is 0 Å². The number of nitrogens with two attached hydrogens (primary N) is 1. The normalized spacial score (nSPS) is 22.1. The van der Waals surface area contributed by atoms with Gasteiger partial charge < -0.3 is 15.4 Å². The average molecular weight is 270 g/mol. The molecule has 0 aromatic heterocycles. The lowest BCUT2D eigenvalue weighted by atomic mass is 9.88. The number of nitrogens with zero attached hydrogens (tertiary/aromatic N) is 1. The lowest BCUT2D eigenvalue weighted by molar-refractivity contribution is 0.0417. The van der Waals surface area contributed by atoms with E-state index < -0.39 is 0 Å². The van der Waals surface area contributed by atoms with Crippen molar-refractivity contribution >= 4 is 0 Å². The Bertz CT molecular complexity index is 215. The third kappa shape index (κ3) is 7.28.